The zero-order valence-corrected chi connectivity index (χ0v) is 19.7. The highest BCUT2D eigenvalue weighted by atomic mass is 32.2. The fourth-order valence-electron chi connectivity index (χ4n) is 4.49. The number of cyclic esters (lactones) is 1. The van der Waals surface area contributed by atoms with Crippen LogP contribution in [0.5, 0.6) is 0 Å². The van der Waals surface area contributed by atoms with E-state index in [0.29, 0.717) is 12.3 Å². The molecule has 3 nitrogen and oxygen atoms in total. The first kappa shape index (κ1) is 23.7. The molecular weight excluding hydrogens is 404 g/mol. The van der Waals surface area contributed by atoms with Crippen molar-refractivity contribution >= 4 is 16.8 Å². The van der Waals surface area contributed by atoms with Gasteiger partial charge in [-0.25, -0.2) is 0 Å². The first-order valence-electron chi connectivity index (χ1n) is 11.6. The predicted molar refractivity (Wildman–Crippen MR) is 129 cm³/mol. The molecule has 0 amide bonds. The topological polar surface area (TPSA) is 43.4 Å². The van der Waals surface area contributed by atoms with Crippen molar-refractivity contribution in [1.29, 1.82) is 0 Å². The molecule has 2 aromatic carbocycles. The summed E-state index contributed by atoms with van der Waals surface area (Å²) in [6.45, 7) is 4.47. The van der Waals surface area contributed by atoms with Crippen LogP contribution in [0.3, 0.4) is 0 Å². The minimum absolute atomic E-state index is 0.0421. The number of hydrogen-bond acceptors (Lipinski definition) is 3. The fourth-order valence-corrected chi connectivity index (χ4v) is 5.74. The van der Waals surface area contributed by atoms with Crippen molar-refractivity contribution in [3.63, 3.8) is 0 Å². The van der Waals surface area contributed by atoms with E-state index < -0.39 is 10.8 Å². The number of carbonyl (C=O) groups is 1. The summed E-state index contributed by atoms with van der Waals surface area (Å²) >= 11 is 0. The predicted octanol–water partition coefficient (Wildman–Crippen LogP) is 6.15. The van der Waals surface area contributed by atoms with E-state index in [-0.39, 0.29) is 17.5 Å². The van der Waals surface area contributed by atoms with Crippen molar-refractivity contribution in [3.05, 3.63) is 71.8 Å². The molecule has 1 saturated heterocycles. The quantitative estimate of drug-likeness (QED) is 0.277. The fraction of sp³-hybridized carbons (Fsp3) is 0.519. The van der Waals surface area contributed by atoms with Crippen molar-refractivity contribution in [2.75, 3.05) is 11.5 Å². The molecule has 0 radical (unpaired) electrons. The molecule has 4 heteroatoms. The molecule has 31 heavy (non-hydrogen) atoms. The van der Waals surface area contributed by atoms with Gasteiger partial charge in [0.25, 0.3) is 0 Å². The van der Waals surface area contributed by atoms with Gasteiger partial charge in [-0.3, -0.25) is 9.00 Å². The van der Waals surface area contributed by atoms with Crippen LogP contribution in [-0.2, 0) is 25.7 Å². The summed E-state index contributed by atoms with van der Waals surface area (Å²) in [5.41, 5.74) is 2.45. The van der Waals surface area contributed by atoms with Gasteiger partial charge in [-0.15, -0.1) is 0 Å². The number of unbranched alkanes of at least 4 members (excludes halogenated alkanes) is 2. The van der Waals surface area contributed by atoms with Gasteiger partial charge in [0, 0.05) is 27.7 Å². The second-order valence-corrected chi connectivity index (χ2v) is 10.8. The molecule has 0 saturated carbocycles. The zero-order valence-electron chi connectivity index (χ0n) is 18.9. The molecule has 4 unspecified atom stereocenters. The van der Waals surface area contributed by atoms with Gasteiger partial charge in [0.15, 0.2) is 0 Å². The van der Waals surface area contributed by atoms with Crippen LogP contribution >= 0.6 is 0 Å². The van der Waals surface area contributed by atoms with Crippen molar-refractivity contribution in [1.82, 2.24) is 0 Å². The Morgan fingerprint density at radius 2 is 1.55 bits per heavy atom. The molecule has 1 fully saturated rings. The normalized spacial score (nSPS) is 19.7. The highest BCUT2D eigenvalue weighted by molar-refractivity contribution is 7.84. The molecule has 0 bridgehead atoms. The van der Waals surface area contributed by atoms with E-state index in [1.807, 2.05) is 18.2 Å². The van der Waals surface area contributed by atoms with Crippen molar-refractivity contribution < 1.29 is 13.7 Å². The van der Waals surface area contributed by atoms with Gasteiger partial charge in [0.1, 0.15) is 6.10 Å². The van der Waals surface area contributed by atoms with E-state index in [9.17, 15) is 9.00 Å². The van der Waals surface area contributed by atoms with Crippen LogP contribution in [0, 0.1) is 0 Å². The van der Waals surface area contributed by atoms with E-state index >= 15 is 0 Å². The first-order chi connectivity index (χ1) is 15.0. The summed E-state index contributed by atoms with van der Waals surface area (Å²) in [5.74, 6) is 2.03. The Kier molecular flexibility index (Phi) is 8.89. The van der Waals surface area contributed by atoms with Gasteiger partial charge < -0.3 is 4.74 Å². The lowest BCUT2D eigenvalue weighted by Gasteiger charge is -2.42. The standard InChI is InChI=1S/C27H36O3S/c1-22(23-14-5-3-6-15-23)13-9-11-19-31(29)20-12-10-18-27(2,25-21-26(28)30-25)24-16-7-4-8-17-24/h3-8,14-17,22,25H,9-13,18-21H2,1-2H3. The highest BCUT2D eigenvalue weighted by Crippen LogP contribution is 2.40. The number of hydrogen-bond donors (Lipinski definition) is 0. The summed E-state index contributed by atoms with van der Waals surface area (Å²) in [5, 5.41) is 0. The van der Waals surface area contributed by atoms with Crippen molar-refractivity contribution in [2.45, 2.75) is 76.2 Å². The Bertz CT molecular complexity index is 828. The third-order valence-corrected chi connectivity index (χ3v) is 8.20. The van der Waals surface area contributed by atoms with Crippen molar-refractivity contribution in [2.24, 2.45) is 0 Å². The number of benzene rings is 2. The average Bonchev–Trinajstić information content (AvgIpc) is 2.78. The van der Waals surface area contributed by atoms with Gasteiger partial charge >= 0.3 is 5.97 Å². The minimum Gasteiger partial charge on any atom is -0.461 e. The molecule has 0 aromatic heterocycles. The van der Waals surface area contributed by atoms with Gasteiger partial charge in [-0.05, 0) is 42.7 Å². The maximum Gasteiger partial charge on any atom is 0.309 e. The number of carbonyl (C=O) groups excluding carboxylic acids is 1. The van der Waals surface area contributed by atoms with Crippen LogP contribution in [0.2, 0.25) is 0 Å². The van der Waals surface area contributed by atoms with Crippen LogP contribution in [0.4, 0.5) is 0 Å². The average molecular weight is 441 g/mol. The van der Waals surface area contributed by atoms with Crippen LogP contribution in [0.15, 0.2) is 60.7 Å². The van der Waals surface area contributed by atoms with Gasteiger partial charge in [0.05, 0.1) is 6.42 Å². The molecule has 3 rings (SSSR count). The van der Waals surface area contributed by atoms with Gasteiger partial charge in [0.2, 0.25) is 0 Å². The molecule has 2 aromatic rings. The zero-order chi connectivity index (χ0) is 22.1. The van der Waals surface area contributed by atoms with Crippen LogP contribution in [-0.4, -0.2) is 27.8 Å². The summed E-state index contributed by atoms with van der Waals surface area (Å²) in [6.07, 6.45) is 6.66. The molecule has 0 aliphatic carbocycles. The molecule has 1 aliphatic heterocycles. The third-order valence-electron chi connectivity index (χ3n) is 6.72. The number of ether oxygens (including phenoxy) is 1. The van der Waals surface area contributed by atoms with E-state index in [1.165, 1.54) is 11.1 Å². The highest BCUT2D eigenvalue weighted by Gasteiger charge is 2.45. The van der Waals surface area contributed by atoms with Crippen LogP contribution in [0.1, 0.15) is 75.8 Å². The molecule has 4 atom stereocenters. The van der Waals surface area contributed by atoms with E-state index in [2.05, 4.69) is 56.3 Å². The second kappa shape index (κ2) is 11.6. The van der Waals surface area contributed by atoms with Crippen LogP contribution < -0.4 is 0 Å². The Morgan fingerprint density at radius 3 is 2.16 bits per heavy atom. The Balaban J connectivity index is 1.35. The third kappa shape index (κ3) is 6.77. The Morgan fingerprint density at radius 1 is 0.968 bits per heavy atom. The lowest BCUT2D eigenvalue weighted by molar-refractivity contribution is -0.177. The summed E-state index contributed by atoms with van der Waals surface area (Å²) in [6, 6.07) is 21.0. The molecule has 168 valence electrons. The lowest BCUT2D eigenvalue weighted by Crippen LogP contribution is -2.48. The van der Waals surface area contributed by atoms with Gasteiger partial charge in [-0.2, -0.15) is 0 Å². The maximum atomic E-state index is 12.4. The van der Waals surface area contributed by atoms with E-state index in [1.54, 1.807) is 0 Å². The van der Waals surface area contributed by atoms with Crippen molar-refractivity contribution in [3.8, 4) is 0 Å². The number of esters is 1. The maximum absolute atomic E-state index is 12.4. The molecule has 0 N–H and O–H groups in total. The SMILES string of the molecule is CC(CCCCS(=O)CCCCC(C)(c1ccccc1)C1CC(=O)O1)c1ccccc1. The van der Waals surface area contributed by atoms with E-state index in [4.69, 9.17) is 4.74 Å². The molecule has 1 heterocycles. The summed E-state index contributed by atoms with van der Waals surface area (Å²) in [7, 11) is -0.742. The monoisotopic (exact) mass is 440 g/mol. The lowest BCUT2D eigenvalue weighted by atomic mass is 9.71. The minimum atomic E-state index is -0.742. The van der Waals surface area contributed by atoms with Gasteiger partial charge in [-0.1, -0.05) is 87.4 Å². The molecule has 1 aliphatic rings. The first-order valence-corrected chi connectivity index (χ1v) is 13.1. The molecule has 0 spiro atoms. The summed E-state index contributed by atoms with van der Waals surface area (Å²) < 4.78 is 17.9. The molecular formula is C27H36O3S. The Labute approximate surface area is 190 Å². The second-order valence-electron chi connectivity index (χ2n) is 9.08. The number of rotatable bonds is 13. The smallest absolute Gasteiger partial charge is 0.309 e. The van der Waals surface area contributed by atoms with E-state index in [0.717, 1.165) is 50.0 Å². The summed E-state index contributed by atoms with van der Waals surface area (Å²) in [4.78, 5) is 11.4. The largest absolute Gasteiger partial charge is 0.461 e. The Hall–Kier alpha value is -1.94. The van der Waals surface area contributed by atoms with Crippen LogP contribution in [0.25, 0.3) is 0 Å².